The van der Waals surface area contributed by atoms with Gasteiger partial charge in [-0.1, -0.05) is 11.6 Å². The first-order valence-electron chi connectivity index (χ1n) is 6.06. The lowest BCUT2D eigenvalue weighted by atomic mass is 10.1. The highest BCUT2D eigenvalue weighted by molar-refractivity contribution is 6.33. The summed E-state index contributed by atoms with van der Waals surface area (Å²) in [5.41, 5.74) is 0.0785. The molecule has 0 spiro atoms. The van der Waals surface area contributed by atoms with E-state index in [1.54, 1.807) is 6.92 Å². The number of carbonyl (C=O) groups excluding carboxylic acids is 2. The molecule has 0 aliphatic heterocycles. The van der Waals surface area contributed by atoms with Crippen molar-refractivity contribution in [3.63, 3.8) is 0 Å². The van der Waals surface area contributed by atoms with Crippen LogP contribution in [0.4, 0.5) is 8.78 Å². The van der Waals surface area contributed by atoms with Gasteiger partial charge in [0.05, 0.1) is 17.7 Å². The maximum Gasteiger partial charge on any atom is 0.313 e. The summed E-state index contributed by atoms with van der Waals surface area (Å²) in [7, 11) is 0. The molecule has 0 aliphatic carbocycles. The number of hydrogen-bond acceptors (Lipinski definition) is 4. The van der Waals surface area contributed by atoms with Crippen molar-refractivity contribution in [1.29, 1.82) is 0 Å². The Kier molecular flexibility index (Phi) is 4.47. The normalized spacial score (nSPS) is 10.7. The summed E-state index contributed by atoms with van der Waals surface area (Å²) in [6.07, 6.45) is -0.496. The van der Waals surface area contributed by atoms with Gasteiger partial charge in [0.25, 0.3) is 0 Å². The lowest BCUT2D eigenvalue weighted by Gasteiger charge is -2.06. The molecule has 0 bridgehead atoms. The first-order valence-corrected chi connectivity index (χ1v) is 6.44. The number of rotatable bonds is 4. The van der Waals surface area contributed by atoms with Crippen molar-refractivity contribution in [2.45, 2.75) is 13.3 Å². The second-order valence-corrected chi connectivity index (χ2v) is 4.55. The summed E-state index contributed by atoms with van der Waals surface area (Å²) in [4.78, 5) is 27.1. The fraction of sp³-hybridized carbons (Fsp3) is 0.214. The van der Waals surface area contributed by atoms with E-state index in [0.717, 1.165) is 12.1 Å². The molecule has 0 fully saturated rings. The van der Waals surface area contributed by atoms with Gasteiger partial charge in [0.2, 0.25) is 0 Å². The molecule has 2 aromatic rings. The number of pyridine rings is 1. The van der Waals surface area contributed by atoms with Crippen LogP contribution in [-0.2, 0) is 9.53 Å². The zero-order chi connectivity index (χ0) is 15.6. The zero-order valence-electron chi connectivity index (χ0n) is 11.0. The second-order valence-electron chi connectivity index (χ2n) is 4.19. The smallest absolute Gasteiger partial charge is 0.313 e. The minimum Gasteiger partial charge on any atom is -0.466 e. The zero-order valence-corrected chi connectivity index (χ0v) is 11.7. The van der Waals surface area contributed by atoms with E-state index in [2.05, 4.69) is 9.72 Å². The van der Waals surface area contributed by atoms with E-state index in [1.807, 2.05) is 0 Å². The number of halogens is 3. The molecule has 1 aromatic carbocycles. The summed E-state index contributed by atoms with van der Waals surface area (Å²) in [6.45, 7) is 1.77. The van der Waals surface area contributed by atoms with Crippen molar-refractivity contribution in [3.8, 4) is 0 Å². The van der Waals surface area contributed by atoms with Gasteiger partial charge in [-0.2, -0.15) is 0 Å². The van der Waals surface area contributed by atoms with Gasteiger partial charge in [0.1, 0.15) is 11.6 Å². The highest BCUT2D eigenvalue weighted by Crippen LogP contribution is 2.24. The molecule has 0 N–H and O–H groups in total. The Morgan fingerprint density at radius 1 is 1.24 bits per heavy atom. The van der Waals surface area contributed by atoms with Crippen molar-refractivity contribution in [1.82, 2.24) is 4.98 Å². The van der Waals surface area contributed by atoms with Gasteiger partial charge < -0.3 is 4.74 Å². The maximum atomic E-state index is 13.2. The van der Waals surface area contributed by atoms with Crippen LogP contribution in [0.1, 0.15) is 23.7 Å². The number of carbonyl (C=O) groups is 2. The first-order chi connectivity index (χ1) is 9.92. The summed E-state index contributed by atoms with van der Waals surface area (Å²) >= 11 is 5.85. The largest absolute Gasteiger partial charge is 0.466 e. The van der Waals surface area contributed by atoms with Gasteiger partial charge >= 0.3 is 5.97 Å². The van der Waals surface area contributed by atoms with E-state index >= 15 is 0 Å². The summed E-state index contributed by atoms with van der Waals surface area (Å²) in [5, 5.41) is 0.0355. The first kappa shape index (κ1) is 15.3. The van der Waals surface area contributed by atoms with Crippen molar-refractivity contribution < 1.29 is 23.1 Å². The highest BCUT2D eigenvalue weighted by atomic mass is 35.5. The number of fused-ring (bicyclic) bond motifs is 1. The Morgan fingerprint density at radius 3 is 2.57 bits per heavy atom. The molecule has 0 saturated carbocycles. The molecule has 21 heavy (non-hydrogen) atoms. The van der Waals surface area contributed by atoms with Crippen LogP contribution in [0.5, 0.6) is 0 Å². The predicted octanol–water partition coefficient (Wildman–Crippen LogP) is 3.30. The molecule has 2 rings (SSSR count). The van der Waals surface area contributed by atoms with Crippen LogP contribution < -0.4 is 0 Å². The van der Waals surface area contributed by atoms with Gasteiger partial charge in [-0.05, 0) is 19.1 Å². The Labute approximate surface area is 123 Å². The number of ketones is 1. The van der Waals surface area contributed by atoms with Crippen molar-refractivity contribution in [2.24, 2.45) is 0 Å². The number of Topliss-reactive ketones (excluding diaryl/α,β-unsaturated/α-hetero) is 1. The number of ether oxygens (including phenoxy) is 1. The van der Waals surface area contributed by atoms with Crippen LogP contribution in [0.2, 0.25) is 5.15 Å². The third-order valence-corrected chi connectivity index (χ3v) is 3.01. The van der Waals surface area contributed by atoms with E-state index in [4.69, 9.17) is 11.6 Å². The average Bonchev–Trinajstić information content (AvgIpc) is 2.40. The SMILES string of the molecule is CCOC(=O)CC(=O)c1cc2cc(F)c(F)cc2nc1Cl. The molecule has 0 amide bonds. The molecule has 1 heterocycles. The standard InChI is InChI=1S/C14H10ClF2NO3/c1-2-21-13(20)6-12(19)8-3-7-4-9(16)10(17)5-11(7)18-14(8)15/h3-5H,2,6H2,1H3. The van der Waals surface area contributed by atoms with Gasteiger partial charge in [0, 0.05) is 11.5 Å². The number of hydrogen-bond donors (Lipinski definition) is 0. The van der Waals surface area contributed by atoms with Crippen LogP contribution in [0.25, 0.3) is 10.9 Å². The second kappa shape index (κ2) is 6.13. The van der Waals surface area contributed by atoms with Crippen LogP contribution in [-0.4, -0.2) is 23.3 Å². The van der Waals surface area contributed by atoms with Crippen LogP contribution >= 0.6 is 11.6 Å². The molecule has 0 saturated heterocycles. The Morgan fingerprint density at radius 2 is 1.90 bits per heavy atom. The predicted molar refractivity (Wildman–Crippen MR) is 72.2 cm³/mol. The fourth-order valence-corrected chi connectivity index (χ4v) is 2.03. The minimum absolute atomic E-state index is 0.0387. The van der Waals surface area contributed by atoms with Crippen molar-refractivity contribution in [3.05, 3.63) is 40.6 Å². The van der Waals surface area contributed by atoms with E-state index in [9.17, 15) is 18.4 Å². The average molecular weight is 314 g/mol. The van der Waals surface area contributed by atoms with E-state index < -0.39 is 29.8 Å². The van der Waals surface area contributed by atoms with Gasteiger partial charge in [-0.3, -0.25) is 9.59 Å². The molecule has 4 nitrogen and oxygen atoms in total. The lowest BCUT2D eigenvalue weighted by Crippen LogP contribution is -2.12. The summed E-state index contributed by atoms with van der Waals surface area (Å²) in [5.74, 6) is -3.41. The molecule has 0 aliphatic rings. The van der Waals surface area contributed by atoms with E-state index in [0.29, 0.717) is 0 Å². The van der Waals surface area contributed by atoms with Crippen molar-refractivity contribution in [2.75, 3.05) is 6.61 Å². The molecule has 7 heteroatoms. The van der Waals surface area contributed by atoms with Gasteiger partial charge in [-0.15, -0.1) is 0 Å². The monoisotopic (exact) mass is 313 g/mol. The molecular weight excluding hydrogens is 304 g/mol. The Balaban J connectivity index is 2.40. The number of nitrogens with zero attached hydrogens (tertiary/aromatic N) is 1. The summed E-state index contributed by atoms with van der Waals surface area (Å²) < 4.78 is 31.0. The Hall–Kier alpha value is -2.08. The van der Waals surface area contributed by atoms with Gasteiger partial charge in [-0.25, -0.2) is 13.8 Å². The lowest BCUT2D eigenvalue weighted by molar-refractivity contribution is -0.141. The Bertz CT molecular complexity index is 734. The van der Waals surface area contributed by atoms with E-state index in [1.165, 1.54) is 6.07 Å². The quantitative estimate of drug-likeness (QED) is 0.376. The third kappa shape index (κ3) is 3.33. The number of aromatic nitrogens is 1. The number of benzene rings is 1. The highest BCUT2D eigenvalue weighted by Gasteiger charge is 2.18. The van der Waals surface area contributed by atoms with Crippen LogP contribution in [0.15, 0.2) is 18.2 Å². The van der Waals surface area contributed by atoms with Crippen LogP contribution in [0, 0.1) is 11.6 Å². The molecule has 0 unspecified atom stereocenters. The minimum atomic E-state index is -1.06. The molecule has 1 aromatic heterocycles. The third-order valence-electron chi connectivity index (χ3n) is 2.72. The molecular formula is C14H10ClF2NO3. The topological polar surface area (TPSA) is 56.3 Å². The summed E-state index contributed by atoms with van der Waals surface area (Å²) in [6, 6.07) is 3.07. The van der Waals surface area contributed by atoms with Crippen molar-refractivity contribution >= 4 is 34.3 Å². The fourth-order valence-electron chi connectivity index (χ4n) is 1.78. The molecule has 0 atom stereocenters. The van der Waals surface area contributed by atoms with E-state index in [-0.39, 0.29) is 28.2 Å². The van der Waals surface area contributed by atoms with Gasteiger partial charge in [0.15, 0.2) is 17.4 Å². The van der Waals surface area contributed by atoms with Crippen LogP contribution in [0.3, 0.4) is 0 Å². The maximum absolute atomic E-state index is 13.2. The number of esters is 1. The molecule has 110 valence electrons. The molecule has 0 radical (unpaired) electrons.